The van der Waals surface area contributed by atoms with E-state index < -0.39 is 5.97 Å². The van der Waals surface area contributed by atoms with Gasteiger partial charge in [-0.05, 0) is 36.6 Å². The third-order valence-corrected chi connectivity index (χ3v) is 4.17. The van der Waals surface area contributed by atoms with Crippen molar-refractivity contribution < 1.29 is 23.8 Å². The minimum atomic E-state index is -0.714. The molecule has 0 aromatic heterocycles. The number of carbonyl (C=O) groups is 2. The molecule has 0 unspecified atom stereocenters. The van der Waals surface area contributed by atoms with Crippen molar-refractivity contribution in [1.29, 1.82) is 5.26 Å². The van der Waals surface area contributed by atoms with Gasteiger partial charge in [-0.1, -0.05) is 25.3 Å². The van der Waals surface area contributed by atoms with Gasteiger partial charge in [-0.25, -0.2) is 4.79 Å². The topological polar surface area (TPSA) is 85.6 Å². The molecule has 1 saturated carbocycles. The zero-order valence-electron chi connectivity index (χ0n) is 14.4. The van der Waals surface area contributed by atoms with E-state index in [1.54, 1.807) is 24.3 Å². The van der Waals surface area contributed by atoms with Gasteiger partial charge < -0.3 is 14.2 Å². The molecule has 0 bridgehead atoms. The molecule has 2 rings (SSSR count). The smallest absolute Gasteiger partial charge is 0.348 e. The van der Waals surface area contributed by atoms with Gasteiger partial charge in [0.15, 0.2) is 11.5 Å². The quantitative estimate of drug-likeness (QED) is 0.353. The van der Waals surface area contributed by atoms with E-state index in [0.717, 1.165) is 32.1 Å². The van der Waals surface area contributed by atoms with Crippen molar-refractivity contribution in [1.82, 2.24) is 0 Å². The summed E-state index contributed by atoms with van der Waals surface area (Å²) >= 11 is 0. The van der Waals surface area contributed by atoms with Gasteiger partial charge >= 0.3 is 11.9 Å². The molecule has 6 nitrogen and oxygen atoms in total. The average Bonchev–Trinajstić information content (AvgIpc) is 2.66. The van der Waals surface area contributed by atoms with Crippen molar-refractivity contribution in [3.63, 3.8) is 0 Å². The molecule has 0 N–H and O–H groups in total. The van der Waals surface area contributed by atoms with Crippen molar-refractivity contribution in [2.45, 2.75) is 32.1 Å². The Morgan fingerprint density at radius 2 is 1.88 bits per heavy atom. The SMILES string of the molecule is COC(=O)C(C#N)=Cc1ccc(OC(=O)C2CCCCC2)c(OC)c1. The van der Waals surface area contributed by atoms with Gasteiger partial charge in [-0.3, -0.25) is 4.79 Å². The van der Waals surface area contributed by atoms with Crippen LogP contribution in [0.4, 0.5) is 0 Å². The Bertz CT molecular complexity index is 711. The molecule has 6 heteroatoms. The zero-order valence-corrected chi connectivity index (χ0v) is 14.4. The third kappa shape index (κ3) is 4.83. The van der Waals surface area contributed by atoms with Crippen LogP contribution in [0, 0.1) is 17.2 Å². The van der Waals surface area contributed by atoms with E-state index >= 15 is 0 Å². The molecule has 0 amide bonds. The average molecular weight is 343 g/mol. The van der Waals surface area contributed by atoms with E-state index in [2.05, 4.69) is 4.74 Å². The maximum absolute atomic E-state index is 12.3. The minimum absolute atomic E-state index is 0.0671. The summed E-state index contributed by atoms with van der Waals surface area (Å²) in [4.78, 5) is 23.8. The highest BCUT2D eigenvalue weighted by Gasteiger charge is 2.24. The van der Waals surface area contributed by atoms with Gasteiger partial charge in [0.25, 0.3) is 0 Å². The van der Waals surface area contributed by atoms with Crippen LogP contribution in [0.1, 0.15) is 37.7 Å². The van der Waals surface area contributed by atoms with Crippen LogP contribution in [-0.2, 0) is 14.3 Å². The van der Waals surface area contributed by atoms with Crippen LogP contribution in [0.15, 0.2) is 23.8 Å². The first-order valence-electron chi connectivity index (χ1n) is 8.19. The highest BCUT2D eigenvalue weighted by molar-refractivity contribution is 5.97. The molecule has 0 heterocycles. The molecule has 1 aromatic carbocycles. The monoisotopic (exact) mass is 343 g/mol. The molecule has 0 radical (unpaired) electrons. The number of hydrogen-bond donors (Lipinski definition) is 0. The molecule has 0 aliphatic heterocycles. The second kappa shape index (κ2) is 8.88. The zero-order chi connectivity index (χ0) is 18.2. The van der Waals surface area contributed by atoms with E-state index in [1.807, 2.05) is 0 Å². The molecule has 25 heavy (non-hydrogen) atoms. The highest BCUT2D eigenvalue weighted by atomic mass is 16.6. The number of nitriles is 1. The van der Waals surface area contributed by atoms with E-state index in [1.165, 1.54) is 20.3 Å². The minimum Gasteiger partial charge on any atom is -0.493 e. The Morgan fingerprint density at radius 1 is 1.16 bits per heavy atom. The number of benzene rings is 1. The van der Waals surface area contributed by atoms with E-state index in [4.69, 9.17) is 14.7 Å². The van der Waals surface area contributed by atoms with Crippen LogP contribution < -0.4 is 9.47 Å². The van der Waals surface area contributed by atoms with Gasteiger partial charge in [-0.2, -0.15) is 5.26 Å². The highest BCUT2D eigenvalue weighted by Crippen LogP contribution is 2.31. The molecule has 1 aliphatic carbocycles. The lowest BCUT2D eigenvalue weighted by atomic mass is 9.89. The summed E-state index contributed by atoms with van der Waals surface area (Å²) < 4.78 is 15.3. The molecule has 0 saturated heterocycles. The predicted octanol–water partition coefficient (Wildman–Crippen LogP) is 3.26. The van der Waals surface area contributed by atoms with Gasteiger partial charge in [-0.15, -0.1) is 0 Å². The summed E-state index contributed by atoms with van der Waals surface area (Å²) in [5.74, 6) is -0.336. The first kappa shape index (κ1) is 18.5. The lowest BCUT2D eigenvalue weighted by Gasteiger charge is -2.20. The fourth-order valence-electron chi connectivity index (χ4n) is 2.80. The number of carbonyl (C=O) groups excluding carboxylic acids is 2. The summed E-state index contributed by atoms with van der Waals surface area (Å²) in [6, 6.07) is 6.63. The summed E-state index contributed by atoms with van der Waals surface area (Å²) in [6.07, 6.45) is 6.35. The molecule has 0 spiro atoms. The van der Waals surface area contributed by atoms with Crippen LogP contribution in [-0.4, -0.2) is 26.2 Å². The Morgan fingerprint density at radius 3 is 2.48 bits per heavy atom. The van der Waals surface area contributed by atoms with Crippen LogP contribution in [0.2, 0.25) is 0 Å². The van der Waals surface area contributed by atoms with Crippen molar-refractivity contribution in [2.75, 3.05) is 14.2 Å². The van der Waals surface area contributed by atoms with E-state index in [-0.39, 0.29) is 17.5 Å². The van der Waals surface area contributed by atoms with E-state index in [0.29, 0.717) is 17.1 Å². The Balaban J connectivity index is 2.18. The molecular weight excluding hydrogens is 322 g/mol. The first-order valence-corrected chi connectivity index (χ1v) is 8.19. The fourth-order valence-corrected chi connectivity index (χ4v) is 2.80. The molecule has 1 aromatic rings. The Hall–Kier alpha value is -2.81. The number of ether oxygens (including phenoxy) is 3. The summed E-state index contributed by atoms with van der Waals surface area (Å²) in [7, 11) is 2.67. The maximum Gasteiger partial charge on any atom is 0.348 e. The number of hydrogen-bond acceptors (Lipinski definition) is 6. The molecular formula is C19H21NO5. The summed E-state index contributed by atoms with van der Waals surface area (Å²) in [5.41, 5.74) is 0.438. The van der Waals surface area contributed by atoms with Crippen molar-refractivity contribution in [3.05, 3.63) is 29.3 Å². The molecule has 1 aliphatic rings. The third-order valence-electron chi connectivity index (χ3n) is 4.17. The lowest BCUT2D eigenvalue weighted by Crippen LogP contribution is -2.22. The fraction of sp³-hybridized carbons (Fsp3) is 0.421. The van der Waals surface area contributed by atoms with E-state index in [9.17, 15) is 9.59 Å². The largest absolute Gasteiger partial charge is 0.493 e. The van der Waals surface area contributed by atoms with Crippen LogP contribution >= 0.6 is 0 Å². The Labute approximate surface area is 147 Å². The van der Waals surface area contributed by atoms with Crippen molar-refractivity contribution >= 4 is 18.0 Å². The van der Waals surface area contributed by atoms with Gasteiger partial charge in [0.1, 0.15) is 11.6 Å². The second-order valence-corrected chi connectivity index (χ2v) is 5.83. The normalized spacial score (nSPS) is 15.2. The van der Waals surface area contributed by atoms with Crippen LogP contribution in [0.25, 0.3) is 6.08 Å². The lowest BCUT2D eigenvalue weighted by molar-refractivity contribution is -0.140. The number of nitrogens with zero attached hydrogens (tertiary/aromatic N) is 1. The standard InChI is InChI=1S/C19H21NO5/c1-23-17-11-13(10-15(12-20)18(21)24-2)8-9-16(17)25-19(22)14-6-4-3-5-7-14/h8-11,14H,3-7H2,1-2H3. The summed E-state index contributed by atoms with van der Waals surface area (Å²) in [6.45, 7) is 0. The second-order valence-electron chi connectivity index (χ2n) is 5.83. The maximum atomic E-state index is 12.3. The van der Waals surface area contributed by atoms with Crippen molar-refractivity contribution in [2.24, 2.45) is 5.92 Å². The van der Waals surface area contributed by atoms with Gasteiger partial charge in [0, 0.05) is 0 Å². The molecule has 0 atom stereocenters. The Kier molecular flexibility index (Phi) is 6.58. The molecule has 1 fully saturated rings. The van der Waals surface area contributed by atoms with Gasteiger partial charge in [0.2, 0.25) is 0 Å². The number of rotatable bonds is 5. The molecule has 132 valence electrons. The number of esters is 2. The summed E-state index contributed by atoms with van der Waals surface area (Å²) in [5, 5.41) is 9.01. The van der Waals surface area contributed by atoms with Gasteiger partial charge in [0.05, 0.1) is 20.1 Å². The number of methoxy groups -OCH3 is 2. The van der Waals surface area contributed by atoms with Crippen LogP contribution in [0.3, 0.4) is 0 Å². The predicted molar refractivity (Wildman–Crippen MR) is 90.8 cm³/mol. The first-order chi connectivity index (χ1) is 12.1. The van der Waals surface area contributed by atoms with Crippen molar-refractivity contribution in [3.8, 4) is 17.6 Å². The van der Waals surface area contributed by atoms with Crippen LogP contribution in [0.5, 0.6) is 11.5 Å².